The molecule has 0 spiro atoms. The lowest BCUT2D eigenvalue weighted by Crippen LogP contribution is -2.25. The van der Waals surface area contributed by atoms with Crippen molar-refractivity contribution in [2.45, 2.75) is 19.4 Å². The number of ketones is 1. The van der Waals surface area contributed by atoms with Crippen molar-refractivity contribution in [3.8, 4) is 0 Å². The Morgan fingerprint density at radius 1 is 1.04 bits per heavy atom. The molecule has 1 aromatic carbocycles. The Hall–Kier alpha value is -2.99. The van der Waals surface area contributed by atoms with E-state index in [0.717, 1.165) is 24.5 Å². The number of carbonyl (C=O) groups excluding carboxylic acids is 2. The zero-order valence-electron chi connectivity index (χ0n) is 15.4. The number of anilines is 1. The van der Waals surface area contributed by atoms with Crippen LogP contribution < -0.4 is 10.2 Å². The van der Waals surface area contributed by atoms with E-state index in [1.54, 1.807) is 36.5 Å². The summed E-state index contributed by atoms with van der Waals surface area (Å²) in [6.45, 7) is 2.45. The fourth-order valence-corrected chi connectivity index (χ4v) is 4.06. The second-order valence-electron chi connectivity index (χ2n) is 6.75. The van der Waals surface area contributed by atoms with Gasteiger partial charge in [0, 0.05) is 31.4 Å². The molecule has 0 saturated carbocycles. The molecular weight excluding hydrogens is 370 g/mol. The van der Waals surface area contributed by atoms with Gasteiger partial charge in [0.05, 0.1) is 10.4 Å². The second-order valence-corrected chi connectivity index (χ2v) is 7.70. The van der Waals surface area contributed by atoms with Gasteiger partial charge in [-0.25, -0.2) is 4.98 Å². The number of aromatic nitrogens is 1. The number of carbonyl (C=O) groups is 2. The maximum Gasteiger partial charge on any atom is 0.252 e. The minimum atomic E-state index is -0.250. The first-order valence-electron chi connectivity index (χ1n) is 9.38. The molecule has 1 aliphatic rings. The third kappa shape index (κ3) is 3.97. The Balaban J connectivity index is 1.48. The van der Waals surface area contributed by atoms with Crippen LogP contribution in [0.2, 0.25) is 0 Å². The minimum Gasteiger partial charge on any atom is -0.357 e. The SMILES string of the molecule is O=C(NCc1ccnc(N2CCCC2)c1)c1ccccc1C(=O)c1cccs1. The summed E-state index contributed by atoms with van der Waals surface area (Å²) in [7, 11) is 0. The molecule has 1 N–H and O–H groups in total. The third-order valence-corrected chi connectivity index (χ3v) is 5.72. The topological polar surface area (TPSA) is 62.3 Å². The number of rotatable bonds is 6. The van der Waals surface area contributed by atoms with Crippen LogP contribution in [0, 0.1) is 0 Å². The molecule has 3 heterocycles. The Morgan fingerprint density at radius 3 is 2.57 bits per heavy atom. The number of benzene rings is 1. The number of nitrogens with zero attached hydrogens (tertiary/aromatic N) is 2. The largest absolute Gasteiger partial charge is 0.357 e. The third-order valence-electron chi connectivity index (χ3n) is 4.85. The summed E-state index contributed by atoms with van der Waals surface area (Å²) < 4.78 is 0. The van der Waals surface area contributed by atoms with Crippen molar-refractivity contribution < 1.29 is 9.59 Å². The van der Waals surface area contributed by atoms with Gasteiger partial charge in [0.25, 0.3) is 5.91 Å². The van der Waals surface area contributed by atoms with Crippen LogP contribution in [0.1, 0.15) is 44.0 Å². The van der Waals surface area contributed by atoms with E-state index in [0.29, 0.717) is 22.5 Å². The molecule has 142 valence electrons. The van der Waals surface area contributed by atoms with Crippen LogP contribution in [0.5, 0.6) is 0 Å². The molecule has 0 unspecified atom stereocenters. The van der Waals surface area contributed by atoms with Crippen molar-refractivity contribution in [3.05, 3.63) is 81.7 Å². The normalized spacial score (nSPS) is 13.5. The Labute approximate surface area is 168 Å². The van der Waals surface area contributed by atoms with Crippen molar-refractivity contribution in [1.29, 1.82) is 0 Å². The first-order chi connectivity index (χ1) is 13.7. The second kappa shape index (κ2) is 8.35. The highest BCUT2D eigenvalue weighted by molar-refractivity contribution is 7.12. The van der Waals surface area contributed by atoms with Gasteiger partial charge in [-0.3, -0.25) is 9.59 Å². The summed E-state index contributed by atoms with van der Waals surface area (Å²) in [5.41, 5.74) is 1.82. The molecule has 1 fully saturated rings. The van der Waals surface area contributed by atoms with Gasteiger partial charge < -0.3 is 10.2 Å². The highest BCUT2D eigenvalue weighted by Crippen LogP contribution is 2.20. The molecule has 0 atom stereocenters. The van der Waals surface area contributed by atoms with Crippen molar-refractivity contribution in [2.75, 3.05) is 18.0 Å². The zero-order valence-corrected chi connectivity index (χ0v) is 16.2. The summed E-state index contributed by atoms with van der Waals surface area (Å²) in [5, 5.41) is 4.80. The summed E-state index contributed by atoms with van der Waals surface area (Å²) in [6.07, 6.45) is 4.17. The van der Waals surface area contributed by atoms with Crippen LogP contribution in [-0.4, -0.2) is 29.8 Å². The predicted molar refractivity (Wildman–Crippen MR) is 111 cm³/mol. The van der Waals surface area contributed by atoms with Crippen LogP contribution in [0.25, 0.3) is 0 Å². The minimum absolute atomic E-state index is 0.124. The van der Waals surface area contributed by atoms with Gasteiger partial charge in [-0.2, -0.15) is 0 Å². The number of pyridine rings is 1. The van der Waals surface area contributed by atoms with Gasteiger partial charge in [-0.1, -0.05) is 24.3 Å². The molecule has 4 rings (SSSR count). The Kier molecular flexibility index (Phi) is 5.48. The van der Waals surface area contributed by atoms with Gasteiger partial charge in [-0.15, -0.1) is 11.3 Å². The number of hydrogen-bond donors (Lipinski definition) is 1. The van der Waals surface area contributed by atoms with E-state index in [9.17, 15) is 9.59 Å². The summed E-state index contributed by atoms with van der Waals surface area (Å²) >= 11 is 1.38. The zero-order chi connectivity index (χ0) is 19.3. The van der Waals surface area contributed by atoms with Gasteiger partial charge >= 0.3 is 0 Å². The fourth-order valence-electron chi connectivity index (χ4n) is 3.39. The van der Waals surface area contributed by atoms with Gasteiger partial charge in [0.2, 0.25) is 5.78 Å². The fraction of sp³-hybridized carbons (Fsp3) is 0.227. The van der Waals surface area contributed by atoms with E-state index in [4.69, 9.17) is 0 Å². The molecule has 1 aliphatic heterocycles. The number of thiophene rings is 1. The monoisotopic (exact) mass is 391 g/mol. The lowest BCUT2D eigenvalue weighted by Gasteiger charge is -2.17. The van der Waals surface area contributed by atoms with Crippen LogP contribution in [0.4, 0.5) is 5.82 Å². The number of amides is 1. The Bertz CT molecular complexity index is 979. The van der Waals surface area contributed by atoms with E-state index in [1.165, 1.54) is 24.2 Å². The van der Waals surface area contributed by atoms with E-state index in [1.807, 2.05) is 23.6 Å². The average molecular weight is 391 g/mol. The molecule has 3 aromatic rings. The highest BCUT2D eigenvalue weighted by Gasteiger charge is 2.19. The van der Waals surface area contributed by atoms with Gasteiger partial charge in [-0.05, 0) is 48.1 Å². The molecule has 5 nitrogen and oxygen atoms in total. The average Bonchev–Trinajstić information content (AvgIpc) is 3.46. The van der Waals surface area contributed by atoms with Crippen molar-refractivity contribution >= 4 is 28.8 Å². The molecule has 0 radical (unpaired) electrons. The maximum atomic E-state index is 12.8. The van der Waals surface area contributed by atoms with Gasteiger partial charge in [0.15, 0.2) is 0 Å². The molecule has 2 aromatic heterocycles. The summed E-state index contributed by atoms with van der Waals surface area (Å²) in [6, 6.07) is 14.5. The highest BCUT2D eigenvalue weighted by atomic mass is 32.1. The molecular formula is C22H21N3O2S. The van der Waals surface area contributed by atoms with E-state index < -0.39 is 0 Å². The molecule has 28 heavy (non-hydrogen) atoms. The van der Waals surface area contributed by atoms with Crippen molar-refractivity contribution in [2.24, 2.45) is 0 Å². The standard InChI is InChI=1S/C22H21N3O2S/c26-21(19-8-5-13-28-19)17-6-1-2-7-18(17)22(27)24-15-16-9-10-23-20(14-16)25-11-3-4-12-25/h1-2,5-10,13-14H,3-4,11-12,15H2,(H,24,27). The van der Waals surface area contributed by atoms with E-state index in [2.05, 4.69) is 15.2 Å². The first-order valence-corrected chi connectivity index (χ1v) is 10.3. The molecule has 0 aliphatic carbocycles. The van der Waals surface area contributed by atoms with E-state index >= 15 is 0 Å². The lowest BCUT2D eigenvalue weighted by molar-refractivity contribution is 0.0940. The molecule has 1 amide bonds. The lowest BCUT2D eigenvalue weighted by atomic mass is 10.0. The smallest absolute Gasteiger partial charge is 0.252 e. The van der Waals surface area contributed by atoms with Crippen LogP contribution in [0.3, 0.4) is 0 Å². The van der Waals surface area contributed by atoms with Crippen LogP contribution in [-0.2, 0) is 6.54 Å². The number of hydrogen-bond acceptors (Lipinski definition) is 5. The van der Waals surface area contributed by atoms with Crippen LogP contribution in [0.15, 0.2) is 60.1 Å². The quantitative estimate of drug-likeness (QED) is 0.647. The van der Waals surface area contributed by atoms with Crippen molar-refractivity contribution in [3.63, 3.8) is 0 Å². The van der Waals surface area contributed by atoms with Gasteiger partial charge in [0.1, 0.15) is 5.82 Å². The Morgan fingerprint density at radius 2 is 1.82 bits per heavy atom. The number of nitrogens with one attached hydrogen (secondary N) is 1. The summed E-state index contributed by atoms with van der Waals surface area (Å²) in [5.74, 6) is 0.582. The molecule has 0 bridgehead atoms. The van der Waals surface area contributed by atoms with Crippen molar-refractivity contribution in [1.82, 2.24) is 10.3 Å². The maximum absolute atomic E-state index is 12.8. The van der Waals surface area contributed by atoms with E-state index in [-0.39, 0.29) is 11.7 Å². The van der Waals surface area contributed by atoms with Crippen LogP contribution >= 0.6 is 11.3 Å². The first kappa shape index (κ1) is 18.4. The molecule has 6 heteroatoms. The molecule has 1 saturated heterocycles. The predicted octanol–water partition coefficient (Wildman–Crippen LogP) is 3.90. The summed E-state index contributed by atoms with van der Waals surface area (Å²) in [4.78, 5) is 32.8.